The van der Waals surface area contributed by atoms with Crippen LogP contribution >= 0.6 is 11.6 Å². The summed E-state index contributed by atoms with van der Waals surface area (Å²) in [6.45, 7) is 8.96. The number of hydrogen-bond donors (Lipinski definition) is 1. The van der Waals surface area contributed by atoms with E-state index in [-0.39, 0.29) is 22.0 Å². The maximum absolute atomic E-state index is 12.5. The van der Waals surface area contributed by atoms with Gasteiger partial charge in [0.15, 0.2) is 0 Å². The van der Waals surface area contributed by atoms with Gasteiger partial charge in [0, 0.05) is 13.1 Å². The third-order valence-electron chi connectivity index (χ3n) is 3.08. The van der Waals surface area contributed by atoms with Gasteiger partial charge in [-0.1, -0.05) is 39.3 Å². The van der Waals surface area contributed by atoms with Crippen LogP contribution in [0.15, 0.2) is 9.59 Å². The molecule has 0 saturated heterocycles. The summed E-state index contributed by atoms with van der Waals surface area (Å²) in [5.74, 6) is -0.0324. The van der Waals surface area contributed by atoms with Gasteiger partial charge in [-0.05, 0) is 25.4 Å². The number of hydrogen-bond acceptors (Lipinski definition) is 3. The van der Waals surface area contributed by atoms with Crippen LogP contribution in [-0.4, -0.2) is 35.1 Å². The van der Waals surface area contributed by atoms with Crippen molar-refractivity contribution < 1.29 is 0 Å². The quantitative estimate of drug-likeness (QED) is 0.845. The first-order chi connectivity index (χ1) is 9.05. The van der Waals surface area contributed by atoms with E-state index in [2.05, 4.69) is 4.98 Å². The molecule has 0 aliphatic carbocycles. The van der Waals surface area contributed by atoms with Crippen LogP contribution in [0, 0.1) is 5.41 Å². The Bertz CT molecular complexity index is 585. The molecule has 0 amide bonds. The zero-order valence-electron chi connectivity index (χ0n) is 13.1. The summed E-state index contributed by atoms with van der Waals surface area (Å²) in [6, 6.07) is 0. The normalized spacial score (nSPS) is 12.4. The predicted octanol–water partition coefficient (Wildman–Crippen LogP) is 1.90. The average Bonchev–Trinajstić information content (AvgIpc) is 2.21. The molecule has 0 aromatic carbocycles. The molecule has 0 spiro atoms. The number of nitrogens with zero attached hydrogens (tertiary/aromatic N) is 2. The Balaban J connectivity index is 3.30. The van der Waals surface area contributed by atoms with Crippen molar-refractivity contribution in [2.75, 3.05) is 20.6 Å². The summed E-state index contributed by atoms with van der Waals surface area (Å²) in [5.41, 5.74) is -0.466. The summed E-state index contributed by atoms with van der Waals surface area (Å²) in [5, 5.41) is 0.150. The van der Waals surface area contributed by atoms with E-state index in [0.29, 0.717) is 12.1 Å². The van der Waals surface area contributed by atoms with Crippen LogP contribution in [0.25, 0.3) is 0 Å². The Morgan fingerprint density at radius 2 is 1.85 bits per heavy atom. The fraction of sp³-hybridized carbons (Fsp3) is 0.714. The van der Waals surface area contributed by atoms with E-state index in [1.54, 1.807) is 0 Å². The van der Waals surface area contributed by atoms with Crippen LogP contribution in [0.5, 0.6) is 0 Å². The van der Waals surface area contributed by atoms with Gasteiger partial charge in [-0.25, -0.2) is 4.79 Å². The molecule has 0 aliphatic heterocycles. The molecule has 0 unspecified atom stereocenters. The summed E-state index contributed by atoms with van der Waals surface area (Å²) in [7, 11) is 3.94. The van der Waals surface area contributed by atoms with Crippen LogP contribution in [0.2, 0.25) is 5.15 Å². The SMILES string of the molecule is CC(C)c1c(Cl)[nH]c(=O)n(CC(C)(C)CN(C)C)c1=O. The second kappa shape index (κ2) is 6.14. The van der Waals surface area contributed by atoms with Crippen LogP contribution in [0.1, 0.15) is 39.2 Å². The molecule has 0 aliphatic rings. The van der Waals surface area contributed by atoms with Gasteiger partial charge in [0.2, 0.25) is 0 Å². The largest absolute Gasteiger partial charge is 0.329 e. The second-order valence-electron chi connectivity index (χ2n) is 6.61. The topological polar surface area (TPSA) is 58.1 Å². The minimum absolute atomic E-state index is 0.0324. The molecular weight excluding hydrogens is 278 g/mol. The van der Waals surface area contributed by atoms with Gasteiger partial charge in [-0.2, -0.15) is 0 Å². The van der Waals surface area contributed by atoms with Crippen LogP contribution in [0.4, 0.5) is 0 Å². The second-order valence-corrected chi connectivity index (χ2v) is 6.98. The third kappa shape index (κ3) is 3.96. The maximum Gasteiger partial charge on any atom is 0.329 e. The molecular formula is C14H24ClN3O2. The molecule has 5 nitrogen and oxygen atoms in total. The zero-order valence-corrected chi connectivity index (χ0v) is 13.8. The highest BCUT2D eigenvalue weighted by Crippen LogP contribution is 2.19. The number of aromatic amines is 1. The number of rotatable bonds is 5. The fourth-order valence-electron chi connectivity index (χ4n) is 2.54. The number of H-pyrrole nitrogens is 1. The molecule has 1 heterocycles. The first kappa shape index (κ1) is 17.0. The average molecular weight is 302 g/mol. The van der Waals surface area contributed by atoms with Gasteiger partial charge in [0.05, 0.1) is 5.56 Å². The van der Waals surface area contributed by atoms with Crippen molar-refractivity contribution in [1.82, 2.24) is 14.5 Å². The Labute approximate surface area is 124 Å². The Morgan fingerprint density at radius 1 is 1.30 bits per heavy atom. The lowest BCUT2D eigenvalue weighted by atomic mass is 9.92. The van der Waals surface area contributed by atoms with Crippen molar-refractivity contribution in [1.29, 1.82) is 0 Å². The van der Waals surface area contributed by atoms with E-state index >= 15 is 0 Å². The van der Waals surface area contributed by atoms with Crippen molar-refractivity contribution in [3.05, 3.63) is 31.6 Å². The molecule has 114 valence electrons. The van der Waals surface area contributed by atoms with Crippen molar-refractivity contribution >= 4 is 11.6 Å². The first-order valence-corrected chi connectivity index (χ1v) is 7.10. The molecule has 20 heavy (non-hydrogen) atoms. The first-order valence-electron chi connectivity index (χ1n) is 6.72. The number of aromatic nitrogens is 2. The highest BCUT2D eigenvalue weighted by atomic mass is 35.5. The fourth-order valence-corrected chi connectivity index (χ4v) is 2.92. The summed E-state index contributed by atoms with van der Waals surface area (Å²) >= 11 is 5.98. The molecule has 0 fully saturated rings. The van der Waals surface area contributed by atoms with Gasteiger partial charge in [0.25, 0.3) is 5.56 Å². The van der Waals surface area contributed by atoms with Gasteiger partial charge in [-0.3, -0.25) is 14.3 Å². The van der Waals surface area contributed by atoms with Crippen LogP contribution in [0.3, 0.4) is 0 Å². The van der Waals surface area contributed by atoms with E-state index in [1.807, 2.05) is 46.7 Å². The van der Waals surface area contributed by atoms with E-state index in [4.69, 9.17) is 11.6 Å². The molecule has 1 N–H and O–H groups in total. The lowest BCUT2D eigenvalue weighted by molar-refractivity contribution is 0.206. The summed E-state index contributed by atoms with van der Waals surface area (Å²) in [4.78, 5) is 29.1. The smallest absolute Gasteiger partial charge is 0.309 e. The highest BCUT2D eigenvalue weighted by molar-refractivity contribution is 6.30. The van der Waals surface area contributed by atoms with E-state index in [9.17, 15) is 9.59 Å². The van der Waals surface area contributed by atoms with E-state index in [0.717, 1.165) is 6.54 Å². The molecule has 1 aromatic rings. The number of halogens is 1. The van der Waals surface area contributed by atoms with Gasteiger partial charge >= 0.3 is 5.69 Å². The van der Waals surface area contributed by atoms with Crippen molar-refractivity contribution in [2.45, 2.75) is 40.2 Å². The van der Waals surface area contributed by atoms with Crippen LogP contribution in [-0.2, 0) is 6.54 Å². The lowest BCUT2D eigenvalue weighted by Crippen LogP contribution is -2.43. The monoisotopic (exact) mass is 301 g/mol. The zero-order chi connectivity index (χ0) is 15.7. The van der Waals surface area contributed by atoms with Gasteiger partial charge in [0.1, 0.15) is 5.15 Å². The maximum atomic E-state index is 12.5. The van der Waals surface area contributed by atoms with Crippen molar-refractivity contribution in [2.24, 2.45) is 5.41 Å². The molecule has 0 saturated carbocycles. The standard InChI is InChI=1S/C14H24ClN3O2/c1-9(2)10-11(15)16-13(20)18(12(10)19)8-14(3,4)7-17(5)6/h9H,7-8H2,1-6H3,(H,16,20). The predicted molar refractivity (Wildman–Crippen MR) is 82.8 cm³/mol. The van der Waals surface area contributed by atoms with E-state index in [1.165, 1.54) is 4.57 Å². The van der Waals surface area contributed by atoms with Crippen molar-refractivity contribution in [3.63, 3.8) is 0 Å². The van der Waals surface area contributed by atoms with Gasteiger partial charge < -0.3 is 4.90 Å². The number of nitrogens with one attached hydrogen (secondary N) is 1. The summed E-state index contributed by atoms with van der Waals surface area (Å²) in [6.07, 6.45) is 0. The third-order valence-corrected chi connectivity index (χ3v) is 3.38. The van der Waals surface area contributed by atoms with Gasteiger partial charge in [-0.15, -0.1) is 0 Å². The Hall–Kier alpha value is -1.07. The molecule has 0 atom stereocenters. The molecule has 6 heteroatoms. The lowest BCUT2D eigenvalue weighted by Gasteiger charge is -2.28. The van der Waals surface area contributed by atoms with Crippen LogP contribution < -0.4 is 11.2 Å². The molecule has 0 bridgehead atoms. The van der Waals surface area contributed by atoms with Crippen molar-refractivity contribution in [3.8, 4) is 0 Å². The molecule has 1 aromatic heterocycles. The highest BCUT2D eigenvalue weighted by Gasteiger charge is 2.23. The van der Waals surface area contributed by atoms with E-state index < -0.39 is 5.69 Å². The summed E-state index contributed by atoms with van der Waals surface area (Å²) < 4.78 is 1.25. The Morgan fingerprint density at radius 3 is 2.30 bits per heavy atom. The Kier molecular flexibility index (Phi) is 5.21. The minimum atomic E-state index is -0.448. The molecule has 0 radical (unpaired) electrons. The minimum Gasteiger partial charge on any atom is -0.309 e. The molecule has 1 rings (SSSR count).